The number of anilines is 1. The lowest BCUT2D eigenvalue weighted by Crippen LogP contribution is -2.37. The van der Waals surface area contributed by atoms with Crippen molar-refractivity contribution in [2.75, 3.05) is 18.4 Å². The number of amides is 2. The summed E-state index contributed by atoms with van der Waals surface area (Å²) < 4.78 is 38.1. The predicted molar refractivity (Wildman–Crippen MR) is 136 cm³/mol. The number of hydrogen-bond acceptors (Lipinski definition) is 4. The molecule has 1 aliphatic heterocycles. The predicted octanol–water partition coefficient (Wildman–Crippen LogP) is 5.61. The molecule has 7 nitrogen and oxygen atoms in total. The largest absolute Gasteiger partial charge is 0.416 e. The van der Waals surface area contributed by atoms with E-state index in [1.807, 2.05) is 29.2 Å². The third-order valence-electron chi connectivity index (χ3n) is 6.81. The Balaban J connectivity index is 1.20. The van der Waals surface area contributed by atoms with E-state index in [0.29, 0.717) is 44.0 Å². The molecule has 0 saturated carbocycles. The van der Waals surface area contributed by atoms with Gasteiger partial charge in [0.15, 0.2) is 5.78 Å². The summed E-state index contributed by atoms with van der Waals surface area (Å²) in [6.07, 6.45) is -1.17. The van der Waals surface area contributed by atoms with E-state index < -0.39 is 11.7 Å². The zero-order valence-electron chi connectivity index (χ0n) is 21.0. The fourth-order valence-corrected chi connectivity index (χ4v) is 4.58. The van der Waals surface area contributed by atoms with Crippen LogP contribution in [-0.2, 0) is 17.4 Å². The zero-order valence-corrected chi connectivity index (χ0v) is 21.0. The third-order valence-corrected chi connectivity index (χ3v) is 6.81. The van der Waals surface area contributed by atoms with Gasteiger partial charge in [-0.1, -0.05) is 24.3 Å². The number of Topliss-reactive ketones (excluding diaryl/α,β-unsaturated/α-hetero) is 1. The van der Waals surface area contributed by atoms with Crippen LogP contribution in [0.15, 0.2) is 54.6 Å². The average molecular weight is 527 g/mol. The number of aromatic amines is 1. The van der Waals surface area contributed by atoms with Crippen LogP contribution in [0, 0.1) is 0 Å². The number of aryl methyl sites for hydroxylation is 1. The highest BCUT2D eigenvalue weighted by molar-refractivity contribution is 6.04. The summed E-state index contributed by atoms with van der Waals surface area (Å²) in [5.41, 5.74) is 2.29. The highest BCUT2D eigenvalue weighted by Crippen LogP contribution is 2.30. The van der Waals surface area contributed by atoms with Crippen LogP contribution in [0.25, 0.3) is 0 Å². The molecule has 38 heavy (non-hydrogen) atoms. The van der Waals surface area contributed by atoms with Crippen LogP contribution in [0.2, 0.25) is 0 Å². The second kappa shape index (κ2) is 11.6. The SMILES string of the molecule is CC(=O)c1cc(C(=O)Nc2ccc(C3CCN(C(=O)CCCc4ccc(C(F)(F)F)cc4)CC3)cc2)[nH]n1. The summed E-state index contributed by atoms with van der Waals surface area (Å²) in [4.78, 5) is 38.2. The first kappa shape index (κ1) is 27.1. The number of ketones is 1. The average Bonchev–Trinajstić information content (AvgIpc) is 3.40. The van der Waals surface area contributed by atoms with E-state index >= 15 is 0 Å². The van der Waals surface area contributed by atoms with Gasteiger partial charge in [-0.2, -0.15) is 18.3 Å². The number of hydrogen-bond donors (Lipinski definition) is 2. The lowest BCUT2D eigenvalue weighted by Gasteiger charge is -2.32. The number of benzene rings is 2. The minimum Gasteiger partial charge on any atom is -0.343 e. The van der Waals surface area contributed by atoms with Crippen molar-refractivity contribution in [2.45, 2.75) is 51.1 Å². The molecule has 0 unspecified atom stereocenters. The number of nitrogens with one attached hydrogen (secondary N) is 2. The van der Waals surface area contributed by atoms with Gasteiger partial charge in [0.2, 0.25) is 5.91 Å². The molecule has 2 amide bonds. The number of carbonyl (C=O) groups is 3. The minimum absolute atomic E-state index is 0.0696. The molecule has 2 aromatic carbocycles. The highest BCUT2D eigenvalue weighted by atomic mass is 19.4. The molecule has 1 aromatic heterocycles. The monoisotopic (exact) mass is 526 g/mol. The van der Waals surface area contributed by atoms with Gasteiger partial charge >= 0.3 is 6.18 Å². The molecule has 4 rings (SSSR count). The first-order valence-electron chi connectivity index (χ1n) is 12.5. The number of alkyl halides is 3. The molecule has 1 saturated heterocycles. The zero-order chi connectivity index (χ0) is 27.3. The molecule has 0 atom stereocenters. The van der Waals surface area contributed by atoms with E-state index in [0.717, 1.165) is 36.1 Å². The molecule has 2 N–H and O–H groups in total. The van der Waals surface area contributed by atoms with Gasteiger partial charge in [0, 0.05) is 32.1 Å². The number of H-pyrrole nitrogens is 1. The number of nitrogens with zero attached hydrogens (tertiary/aromatic N) is 2. The Morgan fingerprint density at radius 2 is 1.68 bits per heavy atom. The van der Waals surface area contributed by atoms with E-state index in [9.17, 15) is 27.6 Å². The van der Waals surface area contributed by atoms with Crippen LogP contribution in [0.3, 0.4) is 0 Å². The number of halogens is 3. The topological polar surface area (TPSA) is 95.2 Å². The second-order valence-electron chi connectivity index (χ2n) is 9.50. The van der Waals surface area contributed by atoms with Crippen molar-refractivity contribution in [3.63, 3.8) is 0 Å². The molecule has 200 valence electrons. The number of likely N-dealkylation sites (tertiary alicyclic amines) is 1. The van der Waals surface area contributed by atoms with Crippen molar-refractivity contribution in [2.24, 2.45) is 0 Å². The third kappa shape index (κ3) is 6.87. The van der Waals surface area contributed by atoms with Crippen LogP contribution in [-0.4, -0.2) is 45.8 Å². The molecule has 0 spiro atoms. The number of aromatic nitrogens is 2. The fraction of sp³-hybridized carbons (Fsp3) is 0.357. The molecule has 0 aliphatic carbocycles. The molecule has 10 heteroatoms. The molecule has 2 heterocycles. The first-order valence-corrected chi connectivity index (χ1v) is 12.5. The lowest BCUT2D eigenvalue weighted by molar-refractivity contribution is -0.137. The number of rotatable bonds is 8. The fourth-order valence-electron chi connectivity index (χ4n) is 4.58. The van der Waals surface area contributed by atoms with Crippen LogP contribution in [0.1, 0.15) is 76.2 Å². The van der Waals surface area contributed by atoms with Gasteiger partial charge in [-0.3, -0.25) is 19.5 Å². The standard InChI is InChI=1S/C28H29F3N4O3/c1-18(36)24-17-25(34-33-24)27(38)32-23-11-7-20(8-12-23)21-13-15-35(16-14-21)26(37)4-2-3-19-5-9-22(10-6-19)28(29,30)31/h5-12,17,21H,2-4,13-16H2,1H3,(H,32,38)(H,33,34). The summed E-state index contributed by atoms with van der Waals surface area (Å²) in [5, 5.41) is 9.15. The van der Waals surface area contributed by atoms with Crippen molar-refractivity contribution < 1.29 is 27.6 Å². The van der Waals surface area contributed by atoms with E-state index in [1.165, 1.54) is 25.1 Å². The second-order valence-corrected chi connectivity index (χ2v) is 9.50. The van der Waals surface area contributed by atoms with Crippen molar-refractivity contribution in [3.8, 4) is 0 Å². The molecular formula is C28H29F3N4O3. The summed E-state index contributed by atoms with van der Waals surface area (Å²) in [5.74, 6) is -0.236. The van der Waals surface area contributed by atoms with Crippen LogP contribution in [0.5, 0.6) is 0 Å². The number of carbonyl (C=O) groups excluding carboxylic acids is 3. The quantitative estimate of drug-likeness (QED) is 0.373. The Morgan fingerprint density at radius 3 is 2.26 bits per heavy atom. The minimum atomic E-state index is -4.35. The number of piperidine rings is 1. The van der Waals surface area contributed by atoms with Gasteiger partial charge in [-0.05, 0) is 73.1 Å². The lowest BCUT2D eigenvalue weighted by atomic mass is 9.89. The van der Waals surface area contributed by atoms with Crippen LogP contribution >= 0.6 is 0 Å². The van der Waals surface area contributed by atoms with Crippen molar-refractivity contribution in [1.29, 1.82) is 0 Å². The van der Waals surface area contributed by atoms with Gasteiger partial charge in [0.25, 0.3) is 5.91 Å². The highest BCUT2D eigenvalue weighted by Gasteiger charge is 2.30. The summed E-state index contributed by atoms with van der Waals surface area (Å²) in [6, 6.07) is 14.1. The van der Waals surface area contributed by atoms with Gasteiger partial charge in [-0.15, -0.1) is 0 Å². The Morgan fingerprint density at radius 1 is 1.03 bits per heavy atom. The molecule has 0 radical (unpaired) electrons. The summed E-state index contributed by atoms with van der Waals surface area (Å²) >= 11 is 0. The van der Waals surface area contributed by atoms with Gasteiger partial charge < -0.3 is 10.2 Å². The van der Waals surface area contributed by atoms with Crippen LogP contribution in [0.4, 0.5) is 18.9 Å². The normalized spacial score (nSPS) is 14.4. The molecule has 1 aliphatic rings. The van der Waals surface area contributed by atoms with Gasteiger partial charge in [0.05, 0.1) is 5.56 Å². The first-order chi connectivity index (χ1) is 18.1. The Bertz CT molecular complexity index is 1280. The molecule has 3 aromatic rings. The van der Waals surface area contributed by atoms with Gasteiger partial charge in [0.1, 0.15) is 11.4 Å². The van der Waals surface area contributed by atoms with Gasteiger partial charge in [-0.25, -0.2) is 0 Å². The Kier molecular flexibility index (Phi) is 8.29. The van der Waals surface area contributed by atoms with Crippen LogP contribution < -0.4 is 5.32 Å². The Hall–Kier alpha value is -3.95. The Labute approximate surface area is 218 Å². The molecule has 1 fully saturated rings. The molecular weight excluding hydrogens is 497 g/mol. The van der Waals surface area contributed by atoms with E-state index in [4.69, 9.17) is 0 Å². The van der Waals surface area contributed by atoms with E-state index in [1.54, 1.807) is 0 Å². The van der Waals surface area contributed by atoms with Crippen molar-refractivity contribution >= 4 is 23.3 Å². The smallest absolute Gasteiger partial charge is 0.343 e. The van der Waals surface area contributed by atoms with E-state index in [-0.39, 0.29) is 29.0 Å². The van der Waals surface area contributed by atoms with Crippen molar-refractivity contribution in [1.82, 2.24) is 15.1 Å². The maximum Gasteiger partial charge on any atom is 0.416 e. The summed E-state index contributed by atoms with van der Waals surface area (Å²) in [6.45, 7) is 2.69. The summed E-state index contributed by atoms with van der Waals surface area (Å²) in [7, 11) is 0. The van der Waals surface area contributed by atoms with Crippen molar-refractivity contribution in [3.05, 3.63) is 82.7 Å². The maximum atomic E-state index is 12.7. The van der Waals surface area contributed by atoms with E-state index in [2.05, 4.69) is 15.5 Å². The maximum absolute atomic E-state index is 12.7. The molecule has 0 bridgehead atoms.